The number of ether oxygens (including phenoxy) is 3. The van der Waals surface area contributed by atoms with E-state index in [4.69, 9.17) is 14.2 Å². The zero-order valence-electron chi connectivity index (χ0n) is 45.9. The molecule has 0 radical (unpaired) electrons. The van der Waals surface area contributed by atoms with Crippen molar-refractivity contribution in [2.24, 2.45) is 0 Å². The Hall–Kier alpha value is -7.35. The second kappa shape index (κ2) is 27.9. The first-order valence-corrected chi connectivity index (χ1v) is 32.1. The van der Waals surface area contributed by atoms with Gasteiger partial charge in [0.05, 0.1) is 17.1 Å². The summed E-state index contributed by atoms with van der Waals surface area (Å²) in [5.41, 5.74) is 4.92. The van der Waals surface area contributed by atoms with Crippen molar-refractivity contribution >= 4 is 55.8 Å². The first-order valence-electron chi connectivity index (χ1n) is 25.7. The van der Waals surface area contributed by atoms with E-state index in [0.717, 1.165) is 0 Å². The highest BCUT2D eigenvalue weighted by Gasteiger charge is 2.24. The summed E-state index contributed by atoms with van der Waals surface area (Å²) < 4.78 is 56.1. The van der Waals surface area contributed by atoms with E-state index in [-0.39, 0.29) is 73.1 Å². The lowest BCUT2D eigenvalue weighted by atomic mass is 10.1. The van der Waals surface area contributed by atoms with E-state index in [0.29, 0.717) is 107 Å². The smallest absolute Gasteiger partial charge is 0.244 e. The van der Waals surface area contributed by atoms with Crippen molar-refractivity contribution in [2.45, 2.75) is 40.4 Å². The van der Waals surface area contributed by atoms with Gasteiger partial charge in [-0.15, -0.1) is 0 Å². The number of Topliss-reactive ketones (excluding diaryl/α,β-unsaturated/α-hetero) is 3. The van der Waals surface area contributed by atoms with E-state index >= 15 is 0 Å². The minimum Gasteiger partial charge on any atom is -0.486 e. The molecule has 3 aromatic heterocycles. The molecule has 1 aliphatic heterocycles. The average Bonchev–Trinajstić information content (AvgIpc) is 3.51. The Morgan fingerprint density at radius 3 is 0.840 bits per heavy atom. The number of hydrogen-bond acceptors (Lipinski definition) is 15. The number of benzene rings is 3. The molecule has 0 aliphatic carbocycles. The third-order valence-electron chi connectivity index (χ3n) is 12.2. The molecule has 3 unspecified atom stereocenters. The number of aromatic nitrogens is 3. The van der Waals surface area contributed by atoms with Crippen LogP contribution in [0.5, 0.6) is 17.2 Å². The maximum atomic E-state index is 13.2. The largest absolute Gasteiger partial charge is 0.486 e. The summed E-state index contributed by atoms with van der Waals surface area (Å²) in [6.45, 7) is 11.6. The number of hydrogen-bond donors (Lipinski definition) is 3. The van der Waals surface area contributed by atoms with Gasteiger partial charge in [-0.05, 0) is 130 Å². The van der Waals surface area contributed by atoms with E-state index in [9.17, 15) is 42.8 Å². The second-order valence-corrected chi connectivity index (χ2v) is 26.5. The highest BCUT2D eigenvalue weighted by molar-refractivity contribution is 7.65. The summed E-state index contributed by atoms with van der Waals surface area (Å²) >= 11 is 0. The van der Waals surface area contributed by atoms with Crippen molar-refractivity contribution < 1.29 is 57.0 Å². The van der Waals surface area contributed by atoms with Gasteiger partial charge in [-0.3, -0.25) is 42.8 Å². The lowest BCUT2D eigenvalue weighted by molar-refractivity contribution is -0.119. The molecule has 4 heterocycles. The first kappa shape index (κ1) is 61.3. The van der Waals surface area contributed by atoms with Gasteiger partial charge in [0, 0.05) is 112 Å². The second-order valence-electron chi connectivity index (χ2n) is 19.9. The minimum absolute atomic E-state index is 0.0000971. The molecule has 1 fully saturated rings. The van der Waals surface area contributed by atoms with Crippen LogP contribution in [-0.2, 0) is 47.7 Å². The number of ketones is 3. The molecule has 0 amide bonds. The van der Waals surface area contributed by atoms with Crippen molar-refractivity contribution in [3.05, 3.63) is 160 Å². The lowest BCUT2D eigenvalue weighted by Gasteiger charge is -2.26. The van der Waals surface area contributed by atoms with Gasteiger partial charge in [-0.1, -0.05) is 35.5 Å². The van der Waals surface area contributed by atoms with Gasteiger partial charge in [0.1, 0.15) is 53.4 Å². The summed E-state index contributed by atoms with van der Waals surface area (Å²) in [4.78, 5) is 87.2. The monoisotopic (exact) mass is 1150 g/mol. The standard InChI is InChI=1S/C60H63N6O12P3/c1-43(67)40-76-55-19-13-46(14-20-55)7-10-49-31-52(61-58(34-49)79(4,70)71)37-64-25-27-65(38-53-32-50(35-59(62-53)80(5,72)73)11-8-47-15-21-56(22-16-47)77-41-44(2)68)29-30-66(28-26-64)39-54-33-51(36-60(63-54)81(6,74)75)12-9-48-17-23-57(24-18-48)78-42-45(3)69/h13-24,31-36H,25-30,37-42H2,1-6H3,(H,70,71)(H,72,73)(H,74,75). The molecule has 3 atom stereocenters. The molecule has 0 bridgehead atoms. The van der Waals surface area contributed by atoms with Gasteiger partial charge in [0.15, 0.2) is 17.3 Å². The van der Waals surface area contributed by atoms with Gasteiger partial charge in [0.25, 0.3) is 0 Å². The fourth-order valence-electron chi connectivity index (χ4n) is 8.05. The van der Waals surface area contributed by atoms with Gasteiger partial charge < -0.3 is 28.9 Å². The van der Waals surface area contributed by atoms with Crippen LogP contribution >= 0.6 is 22.1 Å². The quantitative estimate of drug-likeness (QED) is 0.0724. The van der Waals surface area contributed by atoms with E-state index in [1.54, 1.807) is 91.0 Å². The maximum Gasteiger partial charge on any atom is 0.244 e. The fourth-order valence-corrected chi connectivity index (χ4v) is 10.1. The SMILES string of the molecule is CC(=O)COc1ccc(C#Cc2cc(CN3CCN(Cc4cc(C#Cc5ccc(OCC(C)=O)cc5)cc(P(C)(=O)O)n4)CCN(Cc4cc(C#Cc5ccc(OCC(C)=O)cc5)cc(P(C)(=O)O)n4)CC3)nc(P(C)(=O)O)c2)cc1. The van der Waals surface area contributed by atoms with Gasteiger partial charge in [0.2, 0.25) is 22.1 Å². The summed E-state index contributed by atoms with van der Waals surface area (Å²) in [5.74, 6) is 19.9. The van der Waals surface area contributed by atoms with Crippen LogP contribution in [0.4, 0.5) is 0 Å². The highest BCUT2D eigenvalue weighted by atomic mass is 31.2. The van der Waals surface area contributed by atoms with E-state index in [1.165, 1.54) is 59.0 Å². The maximum absolute atomic E-state index is 13.2. The van der Waals surface area contributed by atoms with Crippen LogP contribution in [0.15, 0.2) is 109 Å². The molecule has 1 aliphatic rings. The molecule has 3 N–H and O–H groups in total. The molecule has 21 heteroatoms. The summed E-state index contributed by atoms with van der Waals surface area (Å²) in [6.07, 6.45) is 0. The molecule has 1 saturated heterocycles. The van der Waals surface area contributed by atoms with E-state index in [1.807, 2.05) is 0 Å². The Morgan fingerprint density at radius 1 is 0.407 bits per heavy atom. The van der Waals surface area contributed by atoms with Crippen LogP contribution in [0, 0.1) is 35.5 Å². The molecular formula is C60H63N6O12P3. The Kier molecular flexibility index (Phi) is 21.1. The molecule has 0 saturated carbocycles. The van der Waals surface area contributed by atoms with Gasteiger partial charge >= 0.3 is 0 Å². The summed E-state index contributed by atoms with van der Waals surface area (Å²) in [5, 5.41) is 0. The molecular weight excluding hydrogens is 1090 g/mol. The molecule has 7 rings (SSSR count). The summed E-state index contributed by atoms with van der Waals surface area (Å²) in [7, 11) is -11.6. The summed E-state index contributed by atoms with van der Waals surface area (Å²) in [6, 6.07) is 30.7. The molecule has 420 valence electrons. The fraction of sp³-hybridized carbons (Fsp3) is 0.300. The number of rotatable bonds is 18. The highest BCUT2D eigenvalue weighted by Crippen LogP contribution is 2.35. The number of pyridine rings is 3. The Labute approximate surface area is 472 Å². The predicted octanol–water partition coefficient (Wildman–Crippen LogP) is 5.37. The van der Waals surface area contributed by atoms with E-state index in [2.05, 4.69) is 65.2 Å². The normalized spacial score (nSPS) is 15.4. The Balaban J connectivity index is 1.20. The number of carbonyl (C=O) groups is 3. The van der Waals surface area contributed by atoms with Crippen LogP contribution in [-0.4, -0.2) is 141 Å². The Bertz CT molecular complexity index is 3230. The third-order valence-corrected chi connectivity index (χ3v) is 15.4. The van der Waals surface area contributed by atoms with E-state index < -0.39 is 22.1 Å². The molecule has 18 nitrogen and oxygen atoms in total. The number of carbonyl (C=O) groups excluding carboxylic acids is 3. The zero-order valence-corrected chi connectivity index (χ0v) is 48.6. The topological polar surface area (TPSA) is 239 Å². The predicted molar refractivity (Wildman–Crippen MR) is 310 cm³/mol. The van der Waals surface area contributed by atoms with Crippen molar-refractivity contribution in [3.8, 4) is 52.8 Å². The average molecular weight is 1150 g/mol. The van der Waals surface area contributed by atoms with Gasteiger partial charge in [-0.25, -0.2) is 15.0 Å². The van der Waals surface area contributed by atoms with Gasteiger partial charge in [-0.2, -0.15) is 0 Å². The molecule has 81 heavy (non-hydrogen) atoms. The van der Waals surface area contributed by atoms with Crippen molar-refractivity contribution in [1.82, 2.24) is 29.7 Å². The first-order chi connectivity index (χ1) is 38.4. The van der Waals surface area contributed by atoms with Crippen LogP contribution in [0.3, 0.4) is 0 Å². The molecule has 3 aromatic carbocycles. The number of nitrogens with zero attached hydrogens (tertiary/aromatic N) is 6. The molecule has 0 spiro atoms. The van der Waals surface area contributed by atoms with Crippen molar-refractivity contribution in [2.75, 3.05) is 79.1 Å². The molecule has 6 aromatic rings. The minimum atomic E-state index is -3.86. The zero-order chi connectivity index (χ0) is 58.3. The lowest BCUT2D eigenvalue weighted by Crippen LogP contribution is -2.36. The van der Waals surface area contributed by atoms with Crippen molar-refractivity contribution in [1.29, 1.82) is 0 Å². The van der Waals surface area contributed by atoms with Crippen LogP contribution in [0.25, 0.3) is 0 Å². The van der Waals surface area contributed by atoms with Crippen LogP contribution in [0.2, 0.25) is 0 Å². The third kappa shape index (κ3) is 20.3. The van der Waals surface area contributed by atoms with Crippen LogP contribution < -0.4 is 30.5 Å². The van der Waals surface area contributed by atoms with Crippen LogP contribution in [0.1, 0.15) is 71.2 Å². The Morgan fingerprint density at radius 2 is 0.630 bits per heavy atom. The van der Waals surface area contributed by atoms with Crippen molar-refractivity contribution in [3.63, 3.8) is 0 Å².